The van der Waals surface area contributed by atoms with Crippen molar-refractivity contribution in [3.05, 3.63) is 29.8 Å². The third-order valence-electron chi connectivity index (χ3n) is 2.15. The van der Waals surface area contributed by atoms with E-state index in [4.69, 9.17) is 11.1 Å². The summed E-state index contributed by atoms with van der Waals surface area (Å²) in [6.07, 6.45) is 0. The fourth-order valence-electron chi connectivity index (χ4n) is 1.24. The van der Waals surface area contributed by atoms with Gasteiger partial charge in [-0.2, -0.15) is 8.42 Å². The van der Waals surface area contributed by atoms with Gasteiger partial charge in [0.1, 0.15) is 5.84 Å². The molecule has 1 rings (SSSR count). The van der Waals surface area contributed by atoms with Crippen molar-refractivity contribution < 1.29 is 8.42 Å². The molecule has 0 aromatic heterocycles. The monoisotopic (exact) mass is 242 g/mol. The number of nitrogen functional groups attached to an aromatic ring is 1. The standard InChI is InChI=1S/C9H14N4O2S/c1-12-16(14,15)13(2)8-6-4-3-5-7(8)9(10)11/h3-6,12H,1-2H3,(H3,10,11). The van der Waals surface area contributed by atoms with Crippen molar-refractivity contribution in [2.75, 3.05) is 18.4 Å². The minimum absolute atomic E-state index is 0.172. The minimum atomic E-state index is -3.58. The number of amidine groups is 1. The maximum absolute atomic E-state index is 11.6. The Hall–Kier alpha value is -1.60. The van der Waals surface area contributed by atoms with Crippen LogP contribution >= 0.6 is 0 Å². The van der Waals surface area contributed by atoms with E-state index in [1.807, 2.05) is 0 Å². The van der Waals surface area contributed by atoms with E-state index in [-0.39, 0.29) is 5.84 Å². The highest BCUT2D eigenvalue weighted by Gasteiger charge is 2.19. The predicted molar refractivity (Wildman–Crippen MR) is 63.8 cm³/mol. The van der Waals surface area contributed by atoms with Gasteiger partial charge in [-0.15, -0.1) is 0 Å². The molecule has 1 aromatic rings. The van der Waals surface area contributed by atoms with Gasteiger partial charge in [0.25, 0.3) is 0 Å². The number of nitrogens with zero attached hydrogens (tertiary/aromatic N) is 1. The van der Waals surface area contributed by atoms with Gasteiger partial charge in [0.05, 0.1) is 5.69 Å². The summed E-state index contributed by atoms with van der Waals surface area (Å²) in [6, 6.07) is 6.56. The molecule has 1 aromatic carbocycles. The van der Waals surface area contributed by atoms with E-state index in [1.165, 1.54) is 14.1 Å². The zero-order valence-corrected chi connectivity index (χ0v) is 9.88. The summed E-state index contributed by atoms with van der Waals surface area (Å²) in [6.45, 7) is 0. The molecule has 0 fully saturated rings. The van der Waals surface area contributed by atoms with Crippen LogP contribution in [0.25, 0.3) is 0 Å². The number of nitrogens with two attached hydrogens (primary N) is 1. The predicted octanol–water partition coefficient (Wildman–Crippen LogP) is -0.129. The Balaban J connectivity index is 3.29. The summed E-state index contributed by atoms with van der Waals surface area (Å²) in [5, 5.41) is 7.37. The summed E-state index contributed by atoms with van der Waals surface area (Å²) in [5.41, 5.74) is 6.12. The normalized spacial score (nSPS) is 11.1. The molecule has 6 nitrogen and oxygen atoms in total. The molecule has 0 aliphatic heterocycles. The maximum atomic E-state index is 11.6. The van der Waals surface area contributed by atoms with Crippen LogP contribution in [0.5, 0.6) is 0 Å². The third kappa shape index (κ3) is 2.31. The minimum Gasteiger partial charge on any atom is -0.384 e. The molecule has 16 heavy (non-hydrogen) atoms. The fourth-order valence-corrected chi connectivity index (χ4v) is 1.93. The van der Waals surface area contributed by atoms with Gasteiger partial charge in [-0.1, -0.05) is 12.1 Å². The second kappa shape index (κ2) is 4.50. The Morgan fingerprint density at radius 3 is 2.50 bits per heavy atom. The average Bonchev–Trinajstić information content (AvgIpc) is 2.28. The molecule has 0 aliphatic rings. The highest BCUT2D eigenvalue weighted by Crippen LogP contribution is 2.20. The lowest BCUT2D eigenvalue weighted by Gasteiger charge is -2.20. The van der Waals surface area contributed by atoms with E-state index < -0.39 is 10.2 Å². The van der Waals surface area contributed by atoms with Crippen molar-refractivity contribution in [1.82, 2.24) is 4.72 Å². The summed E-state index contributed by atoms with van der Waals surface area (Å²) < 4.78 is 26.4. The van der Waals surface area contributed by atoms with Gasteiger partial charge < -0.3 is 5.73 Å². The SMILES string of the molecule is CNS(=O)(=O)N(C)c1ccccc1C(=N)N. The molecular formula is C9H14N4O2S. The van der Waals surface area contributed by atoms with Crippen LogP contribution in [0, 0.1) is 5.41 Å². The molecule has 0 unspecified atom stereocenters. The molecule has 0 spiro atoms. The fraction of sp³-hybridized carbons (Fsp3) is 0.222. The molecule has 7 heteroatoms. The number of nitrogens with one attached hydrogen (secondary N) is 2. The Morgan fingerprint density at radius 2 is 2.00 bits per heavy atom. The van der Waals surface area contributed by atoms with Gasteiger partial charge in [-0.05, 0) is 12.1 Å². The first-order valence-electron chi connectivity index (χ1n) is 4.51. The average molecular weight is 242 g/mol. The van der Waals surface area contributed by atoms with Crippen LogP contribution < -0.4 is 14.8 Å². The quantitative estimate of drug-likeness (QED) is 0.506. The van der Waals surface area contributed by atoms with Crippen LogP contribution in [0.2, 0.25) is 0 Å². The Kier molecular flexibility index (Phi) is 3.51. The van der Waals surface area contributed by atoms with E-state index in [0.717, 1.165) is 4.31 Å². The molecule has 0 aliphatic carbocycles. The number of hydrogen-bond donors (Lipinski definition) is 3. The zero-order chi connectivity index (χ0) is 12.3. The lowest BCUT2D eigenvalue weighted by molar-refractivity contribution is 0.586. The molecule has 0 atom stereocenters. The van der Waals surface area contributed by atoms with Crippen molar-refractivity contribution in [3.63, 3.8) is 0 Å². The van der Waals surface area contributed by atoms with Gasteiger partial charge >= 0.3 is 10.2 Å². The highest BCUT2D eigenvalue weighted by atomic mass is 32.2. The first kappa shape index (κ1) is 12.5. The van der Waals surface area contributed by atoms with Crippen LogP contribution in [0.4, 0.5) is 5.69 Å². The molecule has 0 radical (unpaired) electrons. The Bertz CT molecular complexity index is 498. The van der Waals surface area contributed by atoms with Gasteiger partial charge in [0.15, 0.2) is 0 Å². The second-order valence-corrected chi connectivity index (χ2v) is 5.01. The van der Waals surface area contributed by atoms with Gasteiger partial charge in [0, 0.05) is 19.7 Å². The summed E-state index contributed by atoms with van der Waals surface area (Å²) in [5.74, 6) is -0.172. The van der Waals surface area contributed by atoms with E-state index in [0.29, 0.717) is 11.3 Å². The lowest BCUT2D eigenvalue weighted by atomic mass is 10.1. The molecular weight excluding hydrogens is 228 g/mol. The number of benzene rings is 1. The van der Waals surface area contributed by atoms with Crippen LogP contribution in [0.1, 0.15) is 5.56 Å². The number of hydrogen-bond acceptors (Lipinski definition) is 3. The van der Waals surface area contributed by atoms with Gasteiger partial charge in [-0.25, -0.2) is 4.72 Å². The molecule has 0 amide bonds. The molecule has 0 saturated heterocycles. The summed E-state index contributed by atoms with van der Waals surface area (Å²) in [4.78, 5) is 0. The smallest absolute Gasteiger partial charge is 0.301 e. The number of rotatable bonds is 4. The van der Waals surface area contributed by atoms with Crippen molar-refractivity contribution >= 4 is 21.7 Å². The zero-order valence-electron chi connectivity index (χ0n) is 9.06. The van der Waals surface area contributed by atoms with E-state index >= 15 is 0 Å². The molecule has 0 saturated carbocycles. The molecule has 0 bridgehead atoms. The molecule has 0 heterocycles. The van der Waals surface area contributed by atoms with E-state index in [2.05, 4.69) is 4.72 Å². The van der Waals surface area contributed by atoms with Crippen LogP contribution in [-0.2, 0) is 10.2 Å². The topological polar surface area (TPSA) is 99.3 Å². The number of para-hydroxylation sites is 1. The third-order valence-corrected chi connectivity index (χ3v) is 3.59. The van der Waals surface area contributed by atoms with Crippen molar-refractivity contribution in [3.8, 4) is 0 Å². The van der Waals surface area contributed by atoms with Crippen LogP contribution in [0.15, 0.2) is 24.3 Å². The summed E-state index contributed by atoms with van der Waals surface area (Å²) >= 11 is 0. The first-order valence-corrected chi connectivity index (χ1v) is 5.95. The summed E-state index contributed by atoms with van der Waals surface area (Å²) in [7, 11) is -0.858. The first-order chi connectivity index (χ1) is 7.40. The van der Waals surface area contributed by atoms with Crippen molar-refractivity contribution in [2.24, 2.45) is 5.73 Å². The second-order valence-electron chi connectivity index (χ2n) is 3.11. The van der Waals surface area contributed by atoms with Gasteiger partial charge in [-0.3, -0.25) is 9.71 Å². The Morgan fingerprint density at radius 1 is 1.44 bits per heavy atom. The van der Waals surface area contributed by atoms with Crippen LogP contribution in [0.3, 0.4) is 0 Å². The largest absolute Gasteiger partial charge is 0.384 e. The molecule has 4 N–H and O–H groups in total. The highest BCUT2D eigenvalue weighted by molar-refractivity contribution is 7.90. The number of anilines is 1. The maximum Gasteiger partial charge on any atom is 0.301 e. The Labute approximate surface area is 94.8 Å². The van der Waals surface area contributed by atoms with Crippen molar-refractivity contribution in [1.29, 1.82) is 5.41 Å². The van der Waals surface area contributed by atoms with Crippen molar-refractivity contribution in [2.45, 2.75) is 0 Å². The van der Waals surface area contributed by atoms with E-state index in [1.54, 1.807) is 24.3 Å². The molecule has 88 valence electrons. The lowest BCUT2D eigenvalue weighted by Crippen LogP contribution is -2.37. The van der Waals surface area contributed by atoms with E-state index in [9.17, 15) is 8.42 Å². The van der Waals surface area contributed by atoms with Gasteiger partial charge in [0.2, 0.25) is 0 Å². The van der Waals surface area contributed by atoms with Crippen LogP contribution in [-0.4, -0.2) is 28.3 Å².